The minimum absolute atomic E-state index is 0.0252. The standard InChI is InChI=1S/C17H19FN4O3S/c18-14-3-1-12(2-4-14)5-7-19-17-20-9-13(10-21-17)16(23)22-15-6-8-26(24,25)11-15/h1-4,9-10,15H,5-8,11H2,(H,22,23)(H,19,20,21). The summed E-state index contributed by atoms with van der Waals surface area (Å²) in [5.41, 5.74) is 1.26. The van der Waals surface area contributed by atoms with Crippen molar-refractivity contribution in [2.75, 3.05) is 23.4 Å². The molecule has 0 spiro atoms. The molecule has 1 aliphatic heterocycles. The molecule has 1 unspecified atom stereocenters. The fraction of sp³-hybridized carbons (Fsp3) is 0.353. The van der Waals surface area contributed by atoms with Gasteiger partial charge in [0.1, 0.15) is 5.82 Å². The Morgan fingerprint density at radius 3 is 2.50 bits per heavy atom. The lowest BCUT2D eigenvalue weighted by atomic mass is 10.1. The Kier molecular flexibility index (Phi) is 5.46. The van der Waals surface area contributed by atoms with Gasteiger partial charge in [-0.15, -0.1) is 0 Å². The van der Waals surface area contributed by atoms with E-state index in [0.29, 0.717) is 25.3 Å². The van der Waals surface area contributed by atoms with Gasteiger partial charge in [0.2, 0.25) is 5.95 Å². The van der Waals surface area contributed by atoms with E-state index in [4.69, 9.17) is 0 Å². The van der Waals surface area contributed by atoms with Crippen molar-refractivity contribution in [1.82, 2.24) is 15.3 Å². The molecule has 1 atom stereocenters. The van der Waals surface area contributed by atoms with Gasteiger partial charge in [-0.2, -0.15) is 0 Å². The van der Waals surface area contributed by atoms with E-state index in [1.54, 1.807) is 12.1 Å². The summed E-state index contributed by atoms with van der Waals surface area (Å²) in [6, 6.07) is 5.90. The van der Waals surface area contributed by atoms with Crippen LogP contribution in [0.2, 0.25) is 0 Å². The molecular weight excluding hydrogens is 359 g/mol. The van der Waals surface area contributed by atoms with Crippen LogP contribution in [0.25, 0.3) is 0 Å². The number of hydrogen-bond acceptors (Lipinski definition) is 6. The summed E-state index contributed by atoms with van der Waals surface area (Å²) < 4.78 is 35.7. The smallest absolute Gasteiger partial charge is 0.254 e. The first-order chi connectivity index (χ1) is 12.4. The number of benzene rings is 1. The average Bonchev–Trinajstić information content (AvgIpc) is 2.96. The molecule has 1 amide bonds. The van der Waals surface area contributed by atoms with Crippen LogP contribution in [0.15, 0.2) is 36.7 Å². The molecule has 1 aromatic carbocycles. The molecule has 3 rings (SSSR count). The number of rotatable bonds is 6. The number of carbonyl (C=O) groups excluding carboxylic acids is 1. The minimum Gasteiger partial charge on any atom is -0.354 e. The Morgan fingerprint density at radius 2 is 1.88 bits per heavy atom. The van der Waals surface area contributed by atoms with E-state index in [0.717, 1.165) is 5.56 Å². The van der Waals surface area contributed by atoms with Crippen molar-refractivity contribution in [3.8, 4) is 0 Å². The Bertz CT molecular complexity index is 870. The molecule has 138 valence electrons. The van der Waals surface area contributed by atoms with Crippen molar-refractivity contribution in [2.45, 2.75) is 18.9 Å². The topological polar surface area (TPSA) is 101 Å². The van der Waals surface area contributed by atoms with Gasteiger partial charge in [-0.25, -0.2) is 22.8 Å². The molecule has 26 heavy (non-hydrogen) atoms. The number of aromatic nitrogens is 2. The second-order valence-electron chi connectivity index (χ2n) is 6.17. The van der Waals surface area contributed by atoms with Crippen LogP contribution in [-0.2, 0) is 16.3 Å². The fourth-order valence-electron chi connectivity index (χ4n) is 2.68. The molecule has 7 nitrogen and oxygen atoms in total. The SMILES string of the molecule is O=C(NC1CCS(=O)(=O)C1)c1cnc(NCCc2ccc(F)cc2)nc1. The van der Waals surface area contributed by atoms with Crippen LogP contribution in [-0.4, -0.2) is 48.4 Å². The molecule has 1 saturated heterocycles. The van der Waals surface area contributed by atoms with Crippen molar-refractivity contribution < 1.29 is 17.6 Å². The van der Waals surface area contributed by atoms with Gasteiger partial charge < -0.3 is 10.6 Å². The third-order valence-electron chi connectivity index (χ3n) is 4.09. The van der Waals surface area contributed by atoms with Gasteiger partial charge in [0, 0.05) is 25.0 Å². The molecule has 1 aromatic heterocycles. The number of carbonyl (C=O) groups is 1. The third-order valence-corrected chi connectivity index (χ3v) is 5.86. The molecule has 2 N–H and O–H groups in total. The maximum Gasteiger partial charge on any atom is 0.254 e. The zero-order chi connectivity index (χ0) is 18.6. The van der Waals surface area contributed by atoms with Gasteiger partial charge in [-0.3, -0.25) is 4.79 Å². The summed E-state index contributed by atoms with van der Waals surface area (Å²) in [5, 5.41) is 5.72. The highest BCUT2D eigenvalue weighted by Gasteiger charge is 2.29. The highest BCUT2D eigenvalue weighted by Crippen LogP contribution is 2.12. The zero-order valence-electron chi connectivity index (χ0n) is 14.0. The van der Waals surface area contributed by atoms with Crippen molar-refractivity contribution in [1.29, 1.82) is 0 Å². The van der Waals surface area contributed by atoms with Crippen molar-refractivity contribution in [2.24, 2.45) is 0 Å². The number of anilines is 1. The quantitative estimate of drug-likeness (QED) is 0.783. The van der Waals surface area contributed by atoms with E-state index in [1.165, 1.54) is 24.5 Å². The van der Waals surface area contributed by atoms with E-state index in [1.807, 2.05) is 0 Å². The Balaban J connectivity index is 1.48. The second kappa shape index (κ2) is 7.77. The average molecular weight is 378 g/mol. The minimum atomic E-state index is -3.04. The lowest BCUT2D eigenvalue weighted by molar-refractivity contribution is 0.0940. The second-order valence-corrected chi connectivity index (χ2v) is 8.40. The summed E-state index contributed by atoms with van der Waals surface area (Å²) in [4.78, 5) is 20.3. The van der Waals surface area contributed by atoms with Gasteiger partial charge in [0.25, 0.3) is 5.91 Å². The van der Waals surface area contributed by atoms with Crippen molar-refractivity contribution in [3.63, 3.8) is 0 Å². The number of halogens is 1. The highest BCUT2D eigenvalue weighted by molar-refractivity contribution is 7.91. The lowest BCUT2D eigenvalue weighted by Gasteiger charge is -2.10. The number of hydrogen-bond donors (Lipinski definition) is 2. The molecule has 9 heteroatoms. The molecule has 2 heterocycles. The predicted octanol–water partition coefficient (Wildman–Crippen LogP) is 1.19. The van der Waals surface area contributed by atoms with Crippen LogP contribution < -0.4 is 10.6 Å². The van der Waals surface area contributed by atoms with E-state index in [9.17, 15) is 17.6 Å². The third kappa shape index (κ3) is 4.98. The fourth-order valence-corrected chi connectivity index (χ4v) is 4.36. The van der Waals surface area contributed by atoms with Crippen LogP contribution in [0.4, 0.5) is 10.3 Å². The summed E-state index contributed by atoms with van der Waals surface area (Å²) in [7, 11) is -3.04. The van der Waals surface area contributed by atoms with Crippen LogP contribution >= 0.6 is 0 Å². The molecule has 0 bridgehead atoms. The zero-order valence-corrected chi connectivity index (χ0v) is 14.8. The molecule has 2 aromatic rings. The van der Waals surface area contributed by atoms with Crippen molar-refractivity contribution >= 4 is 21.7 Å². The number of nitrogens with zero attached hydrogens (tertiary/aromatic N) is 2. The van der Waals surface area contributed by atoms with Crippen LogP contribution in [0.5, 0.6) is 0 Å². The maximum atomic E-state index is 12.8. The number of sulfone groups is 1. The van der Waals surface area contributed by atoms with Gasteiger partial charge in [0.15, 0.2) is 9.84 Å². The number of nitrogens with one attached hydrogen (secondary N) is 2. The van der Waals surface area contributed by atoms with Gasteiger partial charge in [-0.1, -0.05) is 12.1 Å². The summed E-state index contributed by atoms with van der Waals surface area (Å²) >= 11 is 0. The first-order valence-electron chi connectivity index (χ1n) is 8.23. The van der Waals surface area contributed by atoms with Gasteiger partial charge >= 0.3 is 0 Å². The molecular formula is C17H19FN4O3S. The van der Waals surface area contributed by atoms with E-state index in [2.05, 4.69) is 20.6 Å². The molecule has 0 aliphatic carbocycles. The van der Waals surface area contributed by atoms with Gasteiger partial charge in [-0.05, 0) is 30.5 Å². The first-order valence-corrected chi connectivity index (χ1v) is 10.0. The molecule has 1 aliphatic rings. The highest BCUT2D eigenvalue weighted by atomic mass is 32.2. The maximum absolute atomic E-state index is 12.8. The van der Waals surface area contributed by atoms with E-state index >= 15 is 0 Å². The molecule has 0 radical (unpaired) electrons. The molecule has 0 saturated carbocycles. The van der Waals surface area contributed by atoms with Crippen molar-refractivity contribution in [3.05, 3.63) is 53.6 Å². The van der Waals surface area contributed by atoms with E-state index < -0.39 is 9.84 Å². The normalized spacial score (nSPS) is 18.4. The largest absolute Gasteiger partial charge is 0.354 e. The van der Waals surface area contributed by atoms with Gasteiger partial charge in [0.05, 0.1) is 17.1 Å². The Morgan fingerprint density at radius 1 is 1.19 bits per heavy atom. The lowest BCUT2D eigenvalue weighted by Crippen LogP contribution is -2.35. The Hall–Kier alpha value is -2.55. The molecule has 1 fully saturated rings. The van der Waals surface area contributed by atoms with Crippen LogP contribution in [0.1, 0.15) is 22.3 Å². The summed E-state index contributed by atoms with van der Waals surface area (Å²) in [6.07, 6.45) is 3.90. The Labute approximate surface area is 151 Å². The number of amides is 1. The monoisotopic (exact) mass is 378 g/mol. The van der Waals surface area contributed by atoms with Crippen LogP contribution in [0, 0.1) is 5.82 Å². The van der Waals surface area contributed by atoms with Crippen LogP contribution in [0.3, 0.4) is 0 Å². The predicted molar refractivity (Wildman–Crippen MR) is 95.2 cm³/mol. The van der Waals surface area contributed by atoms with E-state index in [-0.39, 0.29) is 34.8 Å². The summed E-state index contributed by atoms with van der Waals surface area (Å²) in [5.74, 6) is -0.195. The summed E-state index contributed by atoms with van der Waals surface area (Å²) in [6.45, 7) is 0.567. The first kappa shape index (κ1) is 18.2.